The topological polar surface area (TPSA) is 52.2 Å². The van der Waals surface area contributed by atoms with E-state index in [-0.39, 0.29) is 25.0 Å². The molecule has 4 rings (SSSR count). The van der Waals surface area contributed by atoms with Crippen molar-refractivity contribution in [1.82, 2.24) is 20.0 Å². The number of halogens is 3. The number of hydrogen-bond donors (Lipinski definition) is 1. The van der Waals surface area contributed by atoms with E-state index in [1.54, 1.807) is 22.7 Å². The number of nitrogens with one attached hydrogen (secondary N) is 1. The molecule has 1 N–H and O–H groups in total. The number of aromatic nitrogens is 2. The predicted molar refractivity (Wildman–Crippen MR) is 96.3 cm³/mol. The highest BCUT2D eigenvalue weighted by Gasteiger charge is 2.40. The van der Waals surface area contributed by atoms with Gasteiger partial charge in [0.1, 0.15) is 0 Å². The third-order valence-electron chi connectivity index (χ3n) is 5.00. The van der Waals surface area contributed by atoms with Crippen LogP contribution in [0.1, 0.15) is 29.6 Å². The Morgan fingerprint density at radius 1 is 1.37 bits per heavy atom. The summed E-state index contributed by atoms with van der Waals surface area (Å²) in [5.74, 6) is -0.147. The van der Waals surface area contributed by atoms with Crippen LogP contribution in [0, 0.1) is 0 Å². The smallest absolute Gasteiger partial charge is 0.310 e. The zero-order chi connectivity index (χ0) is 19.0. The molecule has 1 saturated heterocycles. The van der Waals surface area contributed by atoms with Gasteiger partial charge in [-0.15, -0.1) is 11.3 Å². The largest absolute Gasteiger partial charge is 0.401 e. The van der Waals surface area contributed by atoms with Crippen molar-refractivity contribution in [2.24, 2.45) is 0 Å². The average molecular weight is 396 g/mol. The van der Waals surface area contributed by atoms with Crippen molar-refractivity contribution in [1.29, 1.82) is 0 Å². The fourth-order valence-electron chi connectivity index (χ4n) is 3.80. The molecule has 1 aliphatic heterocycles. The summed E-state index contributed by atoms with van der Waals surface area (Å²) in [4.78, 5) is 17.1. The molecule has 1 unspecified atom stereocenters. The van der Waals surface area contributed by atoms with Crippen LogP contribution in [-0.2, 0) is 0 Å². The molecule has 27 heavy (non-hydrogen) atoms. The third kappa shape index (κ3) is 3.79. The Labute approximate surface area is 158 Å². The summed E-state index contributed by atoms with van der Waals surface area (Å²) in [7, 11) is 0. The second-order valence-corrected chi connectivity index (χ2v) is 7.72. The number of H-pyrrole nitrogens is 1. The molecule has 1 fully saturated rings. The Bertz CT molecular complexity index is 843. The maximum absolute atomic E-state index is 13.1. The standard InChI is InChI=1S/C18H19F3N4OS/c19-18(20,21)11-24-5-6-25(15-4-2-1-3-14(15)24)17(26)12-7-16(27-10-12)13-8-22-23-9-13/h4,7-10,14H,1-3,5-6,11H2,(H,22,23). The van der Waals surface area contributed by atoms with Crippen LogP contribution in [-0.4, -0.2) is 57.8 Å². The minimum Gasteiger partial charge on any atom is -0.310 e. The van der Waals surface area contributed by atoms with Gasteiger partial charge in [-0.3, -0.25) is 14.8 Å². The van der Waals surface area contributed by atoms with E-state index < -0.39 is 12.7 Å². The number of rotatable bonds is 3. The summed E-state index contributed by atoms with van der Waals surface area (Å²) in [6, 6.07) is 1.48. The van der Waals surface area contributed by atoms with Gasteiger partial charge in [0.05, 0.1) is 24.3 Å². The molecule has 2 aromatic heterocycles. The van der Waals surface area contributed by atoms with Gasteiger partial charge in [-0.2, -0.15) is 18.3 Å². The van der Waals surface area contributed by atoms with Crippen molar-refractivity contribution in [3.63, 3.8) is 0 Å². The van der Waals surface area contributed by atoms with E-state index in [1.807, 2.05) is 12.1 Å². The lowest BCUT2D eigenvalue weighted by molar-refractivity contribution is -0.152. The molecule has 1 aliphatic carbocycles. The van der Waals surface area contributed by atoms with Gasteiger partial charge in [-0.05, 0) is 25.3 Å². The lowest BCUT2D eigenvalue weighted by atomic mass is 9.94. The molecule has 1 amide bonds. The zero-order valence-corrected chi connectivity index (χ0v) is 15.3. The first-order chi connectivity index (χ1) is 12.9. The second kappa shape index (κ2) is 7.12. The Morgan fingerprint density at radius 2 is 2.22 bits per heavy atom. The minimum atomic E-state index is -4.23. The van der Waals surface area contributed by atoms with Crippen LogP contribution in [0.5, 0.6) is 0 Å². The number of alkyl halides is 3. The number of nitrogens with zero attached hydrogens (tertiary/aromatic N) is 3. The van der Waals surface area contributed by atoms with Crippen LogP contribution >= 0.6 is 11.3 Å². The lowest BCUT2D eigenvalue weighted by Crippen LogP contribution is -2.55. The first kappa shape index (κ1) is 18.2. The SMILES string of the molecule is O=C(c1csc(-c2cn[nH]c2)c1)N1CCN(CC(F)(F)F)C2CCCC=C21. The van der Waals surface area contributed by atoms with Gasteiger partial charge in [0, 0.05) is 40.8 Å². The molecule has 0 bridgehead atoms. The first-order valence-electron chi connectivity index (χ1n) is 8.83. The molecular formula is C18H19F3N4OS. The van der Waals surface area contributed by atoms with Crippen molar-refractivity contribution in [2.75, 3.05) is 19.6 Å². The molecule has 0 saturated carbocycles. The highest BCUT2D eigenvalue weighted by Crippen LogP contribution is 2.34. The van der Waals surface area contributed by atoms with Crippen molar-refractivity contribution >= 4 is 17.2 Å². The van der Waals surface area contributed by atoms with E-state index in [0.29, 0.717) is 12.0 Å². The van der Waals surface area contributed by atoms with Crippen LogP contribution in [0.2, 0.25) is 0 Å². The van der Waals surface area contributed by atoms with Gasteiger partial charge in [0.15, 0.2) is 0 Å². The van der Waals surface area contributed by atoms with Crippen LogP contribution in [0.4, 0.5) is 13.2 Å². The summed E-state index contributed by atoms with van der Waals surface area (Å²) >= 11 is 1.45. The van der Waals surface area contributed by atoms with E-state index in [1.165, 1.54) is 16.2 Å². The number of allylic oxidation sites excluding steroid dienone is 1. The number of thiophene rings is 1. The van der Waals surface area contributed by atoms with Gasteiger partial charge < -0.3 is 4.90 Å². The molecule has 0 spiro atoms. The molecule has 3 heterocycles. The summed E-state index contributed by atoms with van der Waals surface area (Å²) in [6.45, 7) is -0.430. The fraction of sp³-hybridized carbons (Fsp3) is 0.444. The first-order valence-corrected chi connectivity index (χ1v) is 9.71. The number of amides is 1. The van der Waals surface area contributed by atoms with E-state index in [9.17, 15) is 18.0 Å². The summed E-state index contributed by atoms with van der Waals surface area (Å²) in [5, 5.41) is 8.46. The van der Waals surface area contributed by atoms with Gasteiger partial charge in [-0.1, -0.05) is 6.08 Å². The molecule has 0 aromatic carbocycles. The number of carbonyl (C=O) groups excluding carboxylic acids is 1. The van der Waals surface area contributed by atoms with E-state index >= 15 is 0 Å². The van der Waals surface area contributed by atoms with Crippen molar-refractivity contribution in [3.8, 4) is 10.4 Å². The number of carbonyl (C=O) groups is 1. The summed E-state index contributed by atoms with van der Waals surface area (Å²) in [6.07, 6.45) is 3.42. The van der Waals surface area contributed by atoms with Crippen molar-refractivity contribution in [3.05, 3.63) is 41.2 Å². The Hall–Kier alpha value is -2.13. The average Bonchev–Trinajstić information content (AvgIpc) is 3.32. The number of fused-ring (bicyclic) bond motifs is 1. The molecule has 1 atom stereocenters. The quantitative estimate of drug-likeness (QED) is 0.856. The number of piperazine rings is 1. The number of aromatic amines is 1. The number of hydrogen-bond acceptors (Lipinski definition) is 4. The molecule has 144 valence electrons. The highest BCUT2D eigenvalue weighted by molar-refractivity contribution is 7.13. The van der Waals surface area contributed by atoms with E-state index in [4.69, 9.17) is 0 Å². The predicted octanol–water partition coefficient (Wildman–Crippen LogP) is 3.89. The normalized spacial score (nSPS) is 21.1. The van der Waals surface area contributed by atoms with Crippen LogP contribution < -0.4 is 0 Å². The summed E-state index contributed by atoms with van der Waals surface area (Å²) in [5.41, 5.74) is 2.19. The molecule has 0 radical (unpaired) electrons. The Morgan fingerprint density at radius 3 is 2.96 bits per heavy atom. The van der Waals surface area contributed by atoms with Crippen molar-refractivity contribution < 1.29 is 18.0 Å². The third-order valence-corrected chi connectivity index (χ3v) is 5.98. The van der Waals surface area contributed by atoms with Gasteiger partial charge in [0.2, 0.25) is 0 Å². The van der Waals surface area contributed by atoms with E-state index in [2.05, 4.69) is 10.2 Å². The summed E-state index contributed by atoms with van der Waals surface area (Å²) < 4.78 is 38.7. The van der Waals surface area contributed by atoms with Crippen molar-refractivity contribution in [2.45, 2.75) is 31.5 Å². The minimum absolute atomic E-state index is 0.147. The maximum atomic E-state index is 13.1. The molecule has 2 aromatic rings. The van der Waals surface area contributed by atoms with Crippen LogP contribution in [0.25, 0.3) is 10.4 Å². The highest BCUT2D eigenvalue weighted by atomic mass is 32.1. The zero-order valence-electron chi connectivity index (χ0n) is 14.5. The molecule has 5 nitrogen and oxygen atoms in total. The molecule has 2 aliphatic rings. The van der Waals surface area contributed by atoms with Gasteiger partial charge in [-0.25, -0.2) is 0 Å². The Balaban J connectivity index is 1.55. The van der Waals surface area contributed by atoms with E-state index in [0.717, 1.165) is 29.0 Å². The fourth-order valence-corrected chi connectivity index (χ4v) is 4.66. The monoisotopic (exact) mass is 396 g/mol. The maximum Gasteiger partial charge on any atom is 0.401 e. The van der Waals surface area contributed by atoms with Gasteiger partial charge in [0.25, 0.3) is 5.91 Å². The molecule has 9 heteroatoms. The van der Waals surface area contributed by atoms with Crippen LogP contribution in [0.3, 0.4) is 0 Å². The Kier molecular flexibility index (Phi) is 4.81. The second-order valence-electron chi connectivity index (χ2n) is 6.80. The molecular weight excluding hydrogens is 377 g/mol. The van der Waals surface area contributed by atoms with Gasteiger partial charge >= 0.3 is 6.18 Å². The lowest BCUT2D eigenvalue weighted by Gasteiger charge is -2.45. The van der Waals surface area contributed by atoms with Crippen LogP contribution in [0.15, 0.2) is 35.6 Å².